The van der Waals surface area contributed by atoms with Crippen LogP contribution in [0, 0.1) is 0 Å². The predicted molar refractivity (Wildman–Crippen MR) is 65.6 cm³/mol. The van der Waals surface area contributed by atoms with Gasteiger partial charge in [0.25, 0.3) is 0 Å². The number of nitrogens with zero attached hydrogens (tertiary/aromatic N) is 2. The van der Waals surface area contributed by atoms with Gasteiger partial charge in [-0.3, -0.25) is 4.79 Å². The fraction of sp³-hybridized carbons (Fsp3) is 0.667. The second-order valence-electron chi connectivity index (χ2n) is 4.43. The van der Waals surface area contributed by atoms with Gasteiger partial charge in [0.05, 0.1) is 12.2 Å². The smallest absolute Gasteiger partial charge is 0.221 e. The van der Waals surface area contributed by atoms with Crippen molar-refractivity contribution >= 4 is 5.91 Å². The minimum absolute atomic E-state index is 0.0744. The Morgan fingerprint density at radius 2 is 2.41 bits per heavy atom. The number of amides is 1. The maximum Gasteiger partial charge on any atom is 0.221 e. The van der Waals surface area contributed by atoms with Crippen LogP contribution in [0.2, 0.25) is 0 Å². The molecule has 0 bridgehead atoms. The van der Waals surface area contributed by atoms with Gasteiger partial charge in [-0.2, -0.15) is 0 Å². The average Bonchev–Trinajstić information content (AvgIpc) is 2.76. The second-order valence-corrected chi connectivity index (χ2v) is 4.43. The largest absolute Gasteiger partial charge is 0.350 e. The average molecular weight is 236 g/mol. The summed E-state index contributed by atoms with van der Waals surface area (Å²) in [4.78, 5) is 16.0. The van der Waals surface area contributed by atoms with Crippen molar-refractivity contribution in [1.82, 2.24) is 20.2 Å². The van der Waals surface area contributed by atoms with Crippen molar-refractivity contribution in [1.29, 1.82) is 0 Å². The molecule has 2 N–H and O–H groups in total. The zero-order valence-electron chi connectivity index (χ0n) is 10.3. The summed E-state index contributed by atoms with van der Waals surface area (Å²) in [5.41, 5.74) is 0.972. The zero-order chi connectivity index (χ0) is 12.1. The van der Waals surface area contributed by atoms with E-state index in [9.17, 15) is 4.79 Å². The molecule has 2 heterocycles. The molecule has 2 rings (SSSR count). The number of fused-ring (bicyclic) bond motifs is 1. The Morgan fingerprint density at radius 3 is 3.18 bits per heavy atom. The Kier molecular flexibility index (Phi) is 4.14. The first kappa shape index (κ1) is 12.1. The topological polar surface area (TPSA) is 59.0 Å². The van der Waals surface area contributed by atoms with Crippen LogP contribution in [0.4, 0.5) is 0 Å². The molecule has 5 nitrogen and oxygen atoms in total. The summed E-state index contributed by atoms with van der Waals surface area (Å²) in [5, 5.41) is 5.84. The van der Waals surface area contributed by atoms with Crippen LogP contribution in [0.1, 0.15) is 30.8 Å². The van der Waals surface area contributed by atoms with E-state index in [2.05, 4.69) is 26.4 Å². The third-order valence-corrected chi connectivity index (χ3v) is 3.03. The van der Waals surface area contributed by atoms with Crippen molar-refractivity contribution in [2.24, 2.45) is 0 Å². The van der Waals surface area contributed by atoms with Crippen molar-refractivity contribution in [2.45, 2.75) is 38.8 Å². The molecule has 0 aliphatic carbocycles. The Bertz CT molecular complexity index is 362. The Morgan fingerprint density at radius 1 is 1.53 bits per heavy atom. The fourth-order valence-corrected chi connectivity index (χ4v) is 2.07. The van der Waals surface area contributed by atoms with E-state index in [-0.39, 0.29) is 5.91 Å². The van der Waals surface area contributed by atoms with Gasteiger partial charge in [-0.25, -0.2) is 4.98 Å². The molecule has 0 saturated heterocycles. The number of aromatic nitrogens is 2. The molecule has 0 radical (unpaired) electrons. The standard InChI is InChI=1S/C12H20N4O/c1-13-6-5-12(17)14-8-10-9-16-7-3-2-4-11(16)15-10/h9,13H,2-8H2,1H3,(H,14,17). The summed E-state index contributed by atoms with van der Waals surface area (Å²) in [6.07, 6.45) is 6.10. The van der Waals surface area contributed by atoms with Crippen molar-refractivity contribution < 1.29 is 4.79 Å². The monoisotopic (exact) mass is 236 g/mol. The highest BCUT2D eigenvalue weighted by Crippen LogP contribution is 2.14. The Balaban J connectivity index is 1.82. The lowest BCUT2D eigenvalue weighted by Crippen LogP contribution is -2.26. The van der Waals surface area contributed by atoms with Gasteiger partial charge in [0, 0.05) is 32.1 Å². The van der Waals surface area contributed by atoms with E-state index in [1.54, 1.807) is 0 Å². The molecule has 0 aromatic carbocycles. The van der Waals surface area contributed by atoms with Crippen LogP contribution in [0.15, 0.2) is 6.20 Å². The number of nitrogens with one attached hydrogen (secondary N) is 2. The zero-order valence-corrected chi connectivity index (χ0v) is 10.3. The highest BCUT2D eigenvalue weighted by molar-refractivity contribution is 5.75. The van der Waals surface area contributed by atoms with E-state index in [0.29, 0.717) is 19.5 Å². The molecular formula is C12H20N4O. The minimum atomic E-state index is 0.0744. The molecule has 0 saturated carbocycles. The van der Waals surface area contributed by atoms with Crippen LogP contribution in [0.25, 0.3) is 0 Å². The van der Waals surface area contributed by atoms with E-state index in [1.807, 2.05) is 7.05 Å². The van der Waals surface area contributed by atoms with E-state index < -0.39 is 0 Å². The van der Waals surface area contributed by atoms with E-state index in [4.69, 9.17) is 0 Å². The van der Waals surface area contributed by atoms with Crippen LogP contribution < -0.4 is 10.6 Å². The molecule has 5 heteroatoms. The maximum absolute atomic E-state index is 11.4. The van der Waals surface area contributed by atoms with E-state index in [0.717, 1.165) is 24.5 Å². The molecule has 1 aromatic rings. The van der Waals surface area contributed by atoms with Crippen LogP contribution in [-0.4, -0.2) is 29.1 Å². The normalized spacial score (nSPS) is 14.4. The number of rotatable bonds is 5. The van der Waals surface area contributed by atoms with Gasteiger partial charge >= 0.3 is 0 Å². The third-order valence-electron chi connectivity index (χ3n) is 3.03. The minimum Gasteiger partial charge on any atom is -0.350 e. The lowest BCUT2D eigenvalue weighted by atomic mass is 10.2. The lowest BCUT2D eigenvalue weighted by Gasteiger charge is -2.11. The quantitative estimate of drug-likeness (QED) is 0.780. The van der Waals surface area contributed by atoms with E-state index >= 15 is 0 Å². The fourth-order valence-electron chi connectivity index (χ4n) is 2.07. The molecule has 94 valence electrons. The lowest BCUT2D eigenvalue weighted by molar-refractivity contribution is -0.121. The molecule has 0 fully saturated rings. The molecule has 1 amide bonds. The van der Waals surface area contributed by atoms with Crippen LogP contribution in [-0.2, 0) is 24.3 Å². The summed E-state index contributed by atoms with van der Waals surface area (Å²) >= 11 is 0. The van der Waals surface area contributed by atoms with E-state index in [1.165, 1.54) is 12.8 Å². The molecule has 0 atom stereocenters. The maximum atomic E-state index is 11.4. The van der Waals surface area contributed by atoms with Crippen LogP contribution in [0.3, 0.4) is 0 Å². The summed E-state index contributed by atoms with van der Waals surface area (Å²) in [5.74, 6) is 1.24. The SMILES string of the molecule is CNCCC(=O)NCc1cn2c(n1)CCCC2. The number of carbonyl (C=O) groups is 1. The van der Waals surface area contributed by atoms with Gasteiger partial charge in [0.1, 0.15) is 5.82 Å². The molecule has 1 aliphatic heterocycles. The number of imidazole rings is 1. The Hall–Kier alpha value is -1.36. The summed E-state index contributed by atoms with van der Waals surface area (Å²) in [6, 6.07) is 0. The predicted octanol–water partition coefficient (Wildman–Crippen LogP) is 0.445. The van der Waals surface area contributed by atoms with Crippen molar-refractivity contribution in [3.05, 3.63) is 17.7 Å². The summed E-state index contributed by atoms with van der Waals surface area (Å²) in [7, 11) is 1.84. The van der Waals surface area contributed by atoms with Gasteiger partial charge in [-0.15, -0.1) is 0 Å². The van der Waals surface area contributed by atoms with Crippen molar-refractivity contribution in [3.63, 3.8) is 0 Å². The first-order chi connectivity index (χ1) is 8.29. The van der Waals surface area contributed by atoms with Crippen molar-refractivity contribution in [2.75, 3.05) is 13.6 Å². The molecule has 0 unspecified atom stereocenters. The summed E-state index contributed by atoms with van der Waals surface area (Å²) < 4.78 is 2.21. The van der Waals surface area contributed by atoms with Gasteiger partial charge < -0.3 is 15.2 Å². The van der Waals surface area contributed by atoms with Gasteiger partial charge in [0.2, 0.25) is 5.91 Å². The first-order valence-electron chi connectivity index (χ1n) is 6.26. The van der Waals surface area contributed by atoms with Gasteiger partial charge in [-0.05, 0) is 19.9 Å². The molecule has 0 spiro atoms. The highest BCUT2D eigenvalue weighted by Gasteiger charge is 2.12. The number of hydrogen-bond donors (Lipinski definition) is 2. The molecular weight excluding hydrogens is 216 g/mol. The number of hydrogen-bond acceptors (Lipinski definition) is 3. The van der Waals surface area contributed by atoms with Crippen molar-refractivity contribution in [3.8, 4) is 0 Å². The third kappa shape index (κ3) is 3.30. The molecule has 1 aliphatic rings. The van der Waals surface area contributed by atoms with Crippen LogP contribution in [0.5, 0.6) is 0 Å². The molecule has 17 heavy (non-hydrogen) atoms. The number of aryl methyl sites for hydroxylation is 2. The number of carbonyl (C=O) groups excluding carboxylic acids is 1. The van der Waals surface area contributed by atoms with Gasteiger partial charge in [-0.1, -0.05) is 0 Å². The van der Waals surface area contributed by atoms with Gasteiger partial charge in [0.15, 0.2) is 0 Å². The Labute approximate surface area is 102 Å². The first-order valence-corrected chi connectivity index (χ1v) is 6.26. The summed E-state index contributed by atoms with van der Waals surface area (Å²) in [6.45, 7) is 2.32. The molecule has 1 aromatic heterocycles. The highest BCUT2D eigenvalue weighted by atomic mass is 16.1. The second kappa shape index (κ2) is 5.82. The van der Waals surface area contributed by atoms with Crippen LogP contribution >= 0.6 is 0 Å².